The second-order valence-electron chi connectivity index (χ2n) is 4.84. The van der Waals surface area contributed by atoms with Crippen LogP contribution < -0.4 is 5.32 Å². The molecule has 2 atom stereocenters. The Labute approximate surface area is 118 Å². The zero-order valence-electron chi connectivity index (χ0n) is 10.4. The molecule has 1 aliphatic carbocycles. The predicted molar refractivity (Wildman–Crippen MR) is 75.6 cm³/mol. The largest absolute Gasteiger partial charge is 0.348 e. The van der Waals surface area contributed by atoms with Gasteiger partial charge in [0.15, 0.2) is 0 Å². The van der Waals surface area contributed by atoms with Gasteiger partial charge in [0.2, 0.25) is 0 Å². The standard InChI is InChI=1S/C14H17Cl2NO/c1-9-8-10(15)6-7-11(9)14(18)17-13-5-3-2-4-12(13)16/h6-8,12-13H,2-5H2,1H3,(H,17,18). The van der Waals surface area contributed by atoms with E-state index in [0.717, 1.165) is 31.2 Å². The number of rotatable bonds is 2. The van der Waals surface area contributed by atoms with Gasteiger partial charge in [-0.2, -0.15) is 0 Å². The van der Waals surface area contributed by atoms with Crippen LogP contribution in [0.15, 0.2) is 18.2 Å². The number of carbonyl (C=O) groups is 1. The summed E-state index contributed by atoms with van der Waals surface area (Å²) in [7, 11) is 0. The van der Waals surface area contributed by atoms with Crippen molar-refractivity contribution in [3.05, 3.63) is 34.3 Å². The highest BCUT2D eigenvalue weighted by molar-refractivity contribution is 6.30. The summed E-state index contributed by atoms with van der Waals surface area (Å²) in [6.07, 6.45) is 4.23. The lowest BCUT2D eigenvalue weighted by Gasteiger charge is -2.28. The van der Waals surface area contributed by atoms with E-state index in [0.29, 0.717) is 10.6 Å². The minimum absolute atomic E-state index is 0.0512. The maximum atomic E-state index is 12.2. The molecule has 1 aromatic rings. The van der Waals surface area contributed by atoms with Crippen LogP contribution >= 0.6 is 23.2 Å². The zero-order valence-corrected chi connectivity index (χ0v) is 11.9. The Bertz CT molecular complexity index is 447. The predicted octanol–water partition coefficient (Wildman–Crippen LogP) is 3.93. The number of amides is 1. The summed E-state index contributed by atoms with van der Waals surface area (Å²) in [5.74, 6) is -0.0540. The molecule has 1 N–H and O–H groups in total. The lowest BCUT2D eigenvalue weighted by molar-refractivity contribution is 0.0928. The van der Waals surface area contributed by atoms with Crippen molar-refractivity contribution in [2.75, 3.05) is 0 Å². The van der Waals surface area contributed by atoms with E-state index < -0.39 is 0 Å². The van der Waals surface area contributed by atoms with Crippen molar-refractivity contribution < 1.29 is 4.79 Å². The first-order chi connectivity index (χ1) is 8.58. The van der Waals surface area contributed by atoms with Gasteiger partial charge < -0.3 is 5.32 Å². The van der Waals surface area contributed by atoms with Gasteiger partial charge in [-0.15, -0.1) is 11.6 Å². The number of benzene rings is 1. The van der Waals surface area contributed by atoms with Gasteiger partial charge in [-0.05, 0) is 43.5 Å². The molecule has 18 heavy (non-hydrogen) atoms. The molecule has 1 saturated carbocycles. The Balaban J connectivity index is 2.07. The van der Waals surface area contributed by atoms with Gasteiger partial charge in [0.05, 0.1) is 5.38 Å². The fraction of sp³-hybridized carbons (Fsp3) is 0.500. The van der Waals surface area contributed by atoms with Crippen LogP contribution in [0.5, 0.6) is 0 Å². The molecule has 4 heteroatoms. The third-order valence-corrected chi connectivity index (χ3v) is 4.19. The number of hydrogen-bond donors (Lipinski definition) is 1. The zero-order chi connectivity index (χ0) is 13.1. The Hall–Kier alpha value is -0.730. The van der Waals surface area contributed by atoms with Crippen molar-refractivity contribution in [1.82, 2.24) is 5.32 Å². The molecule has 0 spiro atoms. The smallest absolute Gasteiger partial charge is 0.251 e. The average Bonchev–Trinajstić information content (AvgIpc) is 2.32. The lowest BCUT2D eigenvalue weighted by atomic mass is 9.94. The fourth-order valence-electron chi connectivity index (χ4n) is 2.38. The molecule has 0 aromatic heterocycles. The summed E-state index contributed by atoms with van der Waals surface area (Å²) in [5.41, 5.74) is 1.57. The van der Waals surface area contributed by atoms with Gasteiger partial charge >= 0.3 is 0 Å². The molecular formula is C14H17Cl2NO. The lowest BCUT2D eigenvalue weighted by Crippen LogP contribution is -2.43. The van der Waals surface area contributed by atoms with Gasteiger partial charge in [-0.25, -0.2) is 0 Å². The molecule has 2 nitrogen and oxygen atoms in total. The van der Waals surface area contributed by atoms with E-state index in [1.54, 1.807) is 18.2 Å². The molecule has 1 aliphatic rings. The van der Waals surface area contributed by atoms with Gasteiger partial charge in [0.25, 0.3) is 5.91 Å². The summed E-state index contributed by atoms with van der Waals surface area (Å²) in [6.45, 7) is 1.89. The second-order valence-corrected chi connectivity index (χ2v) is 5.84. The normalized spacial score (nSPS) is 23.7. The third kappa shape index (κ3) is 3.18. The number of carbonyl (C=O) groups excluding carboxylic acids is 1. The monoisotopic (exact) mass is 285 g/mol. The van der Waals surface area contributed by atoms with Crippen molar-refractivity contribution in [3.63, 3.8) is 0 Å². The summed E-state index contributed by atoms with van der Waals surface area (Å²) in [6, 6.07) is 5.39. The van der Waals surface area contributed by atoms with E-state index >= 15 is 0 Å². The van der Waals surface area contributed by atoms with E-state index in [4.69, 9.17) is 23.2 Å². The van der Waals surface area contributed by atoms with Crippen LogP contribution in [0.4, 0.5) is 0 Å². The van der Waals surface area contributed by atoms with Crippen LogP contribution in [0.3, 0.4) is 0 Å². The quantitative estimate of drug-likeness (QED) is 0.820. The van der Waals surface area contributed by atoms with Gasteiger partial charge in [-0.1, -0.05) is 24.4 Å². The van der Waals surface area contributed by atoms with Crippen LogP contribution in [-0.4, -0.2) is 17.3 Å². The van der Waals surface area contributed by atoms with Crippen LogP contribution in [0.25, 0.3) is 0 Å². The molecule has 0 aliphatic heterocycles. The summed E-state index contributed by atoms with van der Waals surface area (Å²) in [4.78, 5) is 12.2. The highest BCUT2D eigenvalue weighted by Crippen LogP contribution is 2.24. The van der Waals surface area contributed by atoms with Crippen LogP contribution in [0.2, 0.25) is 5.02 Å². The molecular weight excluding hydrogens is 269 g/mol. The van der Waals surface area contributed by atoms with E-state index in [1.807, 2.05) is 6.92 Å². The first-order valence-corrected chi connectivity index (χ1v) is 7.10. The van der Waals surface area contributed by atoms with E-state index in [9.17, 15) is 4.79 Å². The molecule has 2 unspecified atom stereocenters. The van der Waals surface area contributed by atoms with E-state index in [1.165, 1.54) is 0 Å². The van der Waals surface area contributed by atoms with Crippen LogP contribution in [-0.2, 0) is 0 Å². The molecule has 0 radical (unpaired) electrons. The molecule has 1 aromatic carbocycles. The topological polar surface area (TPSA) is 29.1 Å². The maximum absolute atomic E-state index is 12.2. The highest BCUT2D eigenvalue weighted by Gasteiger charge is 2.25. The summed E-state index contributed by atoms with van der Waals surface area (Å²) in [5, 5.41) is 3.73. The Morgan fingerprint density at radius 1 is 1.33 bits per heavy atom. The summed E-state index contributed by atoms with van der Waals surface area (Å²) < 4.78 is 0. The molecule has 0 bridgehead atoms. The second kappa shape index (κ2) is 5.94. The van der Waals surface area contributed by atoms with Gasteiger partial charge in [-0.3, -0.25) is 4.79 Å². The Morgan fingerprint density at radius 2 is 2.06 bits per heavy atom. The highest BCUT2D eigenvalue weighted by atomic mass is 35.5. The van der Waals surface area contributed by atoms with Crippen molar-refractivity contribution in [3.8, 4) is 0 Å². The molecule has 0 heterocycles. The SMILES string of the molecule is Cc1cc(Cl)ccc1C(=O)NC1CCCCC1Cl. The first-order valence-electron chi connectivity index (χ1n) is 6.29. The van der Waals surface area contributed by atoms with Crippen LogP contribution in [0.1, 0.15) is 41.6 Å². The van der Waals surface area contributed by atoms with E-state index in [-0.39, 0.29) is 17.3 Å². The molecule has 1 amide bonds. The number of aryl methyl sites for hydroxylation is 1. The van der Waals surface area contributed by atoms with Gasteiger partial charge in [0, 0.05) is 16.6 Å². The third-order valence-electron chi connectivity index (χ3n) is 3.43. The minimum Gasteiger partial charge on any atom is -0.348 e. The summed E-state index contributed by atoms with van der Waals surface area (Å²) >= 11 is 12.1. The Kier molecular flexibility index (Phi) is 4.52. The Morgan fingerprint density at radius 3 is 2.72 bits per heavy atom. The van der Waals surface area contributed by atoms with E-state index in [2.05, 4.69) is 5.32 Å². The minimum atomic E-state index is -0.0540. The molecule has 98 valence electrons. The van der Waals surface area contributed by atoms with Crippen molar-refractivity contribution in [2.24, 2.45) is 0 Å². The maximum Gasteiger partial charge on any atom is 0.251 e. The van der Waals surface area contributed by atoms with Crippen molar-refractivity contribution in [1.29, 1.82) is 0 Å². The van der Waals surface area contributed by atoms with Gasteiger partial charge in [0.1, 0.15) is 0 Å². The molecule has 0 saturated heterocycles. The number of halogens is 2. The number of hydrogen-bond acceptors (Lipinski definition) is 1. The van der Waals surface area contributed by atoms with Crippen LogP contribution in [0, 0.1) is 6.92 Å². The molecule has 2 rings (SSSR count). The average molecular weight is 286 g/mol. The van der Waals surface area contributed by atoms with Crippen molar-refractivity contribution >= 4 is 29.1 Å². The van der Waals surface area contributed by atoms with Crippen molar-refractivity contribution in [2.45, 2.75) is 44.0 Å². The first kappa shape index (κ1) is 13.7. The number of alkyl halides is 1. The molecule has 1 fully saturated rings. The fourth-order valence-corrected chi connectivity index (χ4v) is 2.95. The number of nitrogens with one attached hydrogen (secondary N) is 1.